The van der Waals surface area contributed by atoms with Crippen LogP contribution in [0.4, 0.5) is 4.79 Å². The molecule has 296 valence electrons. The number of ether oxygens (including phenoxy) is 2. The van der Waals surface area contributed by atoms with Crippen LogP contribution in [0.2, 0.25) is 0 Å². The SMILES string of the molecule is COC(=O)[C@H](CC(C)C)NC(=O)[C@H](Cc1c[nH]c2ccccc12)NC(=O)[C@H](CC(C)C)NC(=O)[C@H](Cc1c[nH]c2ccccc12)NC(=O)OCc1ccccc1. The van der Waals surface area contributed by atoms with Gasteiger partial charge < -0.3 is 40.7 Å². The molecule has 0 spiro atoms. The Labute approximate surface area is 326 Å². The van der Waals surface area contributed by atoms with E-state index in [-0.39, 0.29) is 37.7 Å². The molecule has 0 aliphatic carbocycles. The van der Waals surface area contributed by atoms with E-state index in [4.69, 9.17) is 9.47 Å². The molecular formula is C43H52N6O7. The lowest BCUT2D eigenvalue weighted by molar-refractivity contribution is -0.146. The van der Waals surface area contributed by atoms with Gasteiger partial charge in [0.15, 0.2) is 0 Å². The molecule has 5 rings (SSSR count). The fraction of sp³-hybridized carbons (Fsp3) is 0.372. The lowest BCUT2D eigenvalue weighted by atomic mass is 9.99. The number of H-pyrrole nitrogens is 2. The number of carbonyl (C=O) groups is 5. The lowest BCUT2D eigenvalue weighted by Crippen LogP contribution is -2.58. The molecule has 0 fully saturated rings. The van der Waals surface area contributed by atoms with Gasteiger partial charge in [-0.3, -0.25) is 14.4 Å². The number of para-hydroxylation sites is 2. The minimum atomic E-state index is -1.12. The molecule has 0 aliphatic heterocycles. The van der Waals surface area contributed by atoms with Crippen molar-refractivity contribution in [3.63, 3.8) is 0 Å². The van der Waals surface area contributed by atoms with Crippen molar-refractivity contribution in [3.05, 3.63) is 108 Å². The predicted octanol–water partition coefficient (Wildman–Crippen LogP) is 5.45. The minimum Gasteiger partial charge on any atom is -0.467 e. The van der Waals surface area contributed by atoms with Crippen molar-refractivity contribution in [1.82, 2.24) is 31.2 Å². The van der Waals surface area contributed by atoms with Gasteiger partial charge in [0.05, 0.1) is 7.11 Å². The van der Waals surface area contributed by atoms with Gasteiger partial charge in [0, 0.05) is 47.0 Å². The Hall–Kier alpha value is -6.11. The molecule has 0 unspecified atom stereocenters. The molecule has 0 saturated carbocycles. The molecule has 13 heteroatoms. The predicted molar refractivity (Wildman–Crippen MR) is 214 cm³/mol. The first-order valence-electron chi connectivity index (χ1n) is 19.0. The number of esters is 1. The highest BCUT2D eigenvalue weighted by Crippen LogP contribution is 2.21. The first-order chi connectivity index (χ1) is 26.9. The van der Waals surface area contributed by atoms with Crippen molar-refractivity contribution < 1.29 is 33.4 Å². The van der Waals surface area contributed by atoms with Crippen molar-refractivity contribution in [1.29, 1.82) is 0 Å². The number of aromatic amines is 2. The first-order valence-corrected chi connectivity index (χ1v) is 19.0. The number of methoxy groups -OCH3 is 1. The van der Waals surface area contributed by atoms with Crippen LogP contribution in [-0.4, -0.2) is 71.0 Å². The van der Waals surface area contributed by atoms with Gasteiger partial charge in [-0.2, -0.15) is 0 Å². The number of fused-ring (bicyclic) bond motifs is 2. The van der Waals surface area contributed by atoms with E-state index in [1.807, 2.05) is 107 Å². The maximum atomic E-state index is 14.2. The number of rotatable bonds is 18. The normalized spacial score (nSPS) is 13.5. The van der Waals surface area contributed by atoms with E-state index in [0.29, 0.717) is 6.42 Å². The summed E-state index contributed by atoms with van der Waals surface area (Å²) in [6.07, 6.45) is 3.53. The molecule has 4 amide bonds. The Morgan fingerprint density at radius 3 is 1.55 bits per heavy atom. The molecule has 6 N–H and O–H groups in total. The largest absolute Gasteiger partial charge is 0.467 e. The summed E-state index contributed by atoms with van der Waals surface area (Å²) in [6.45, 7) is 7.68. The van der Waals surface area contributed by atoms with E-state index >= 15 is 0 Å². The van der Waals surface area contributed by atoms with E-state index in [1.165, 1.54) is 7.11 Å². The molecule has 2 aromatic heterocycles. The Bertz CT molecular complexity index is 2110. The number of hydrogen-bond acceptors (Lipinski definition) is 7. The van der Waals surface area contributed by atoms with Crippen LogP contribution in [0.3, 0.4) is 0 Å². The first kappa shape index (κ1) is 41.1. The monoisotopic (exact) mass is 764 g/mol. The minimum absolute atomic E-state index is 0.000361. The highest BCUT2D eigenvalue weighted by molar-refractivity contribution is 5.96. The molecule has 0 radical (unpaired) electrons. The summed E-state index contributed by atoms with van der Waals surface area (Å²) in [5.74, 6) is -2.35. The maximum absolute atomic E-state index is 14.2. The second kappa shape index (κ2) is 19.5. The number of hydrogen-bond donors (Lipinski definition) is 6. The van der Waals surface area contributed by atoms with Crippen LogP contribution in [0.1, 0.15) is 57.2 Å². The summed E-state index contributed by atoms with van der Waals surface area (Å²) in [4.78, 5) is 74.7. The van der Waals surface area contributed by atoms with Gasteiger partial charge in [-0.15, -0.1) is 0 Å². The number of alkyl carbamates (subject to hydrolysis) is 1. The third kappa shape index (κ3) is 11.2. The third-order valence-corrected chi connectivity index (χ3v) is 9.50. The summed E-state index contributed by atoms with van der Waals surface area (Å²) in [7, 11) is 1.26. The number of amides is 4. The van der Waals surface area contributed by atoms with Gasteiger partial charge in [0.25, 0.3) is 0 Å². The molecule has 0 bridgehead atoms. The molecule has 56 heavy (non-hydrogen) atoms. The van der Waals surface area contributed by atoms with E-state index in [0.717, 1.165) is 38.5 Å². The third-order valence-electron chi connectivity index (χ3n) is 9.50. The second-order valence-corrected chi connectivity index (χ2v) is 14.9. The summed E-state index contributed by atoms with van der Waals surface area (Å²) in [5.41, 5.74) is 4.07. The number of carbonyl (C=O) groups excluding carboxylic acids is 5. The fourth-order valence-corrected chi connectivity index (χ4v) is 6.71. The van der Waals surface area contributed by atoms with Crippen LogP contribution in [0.25, 0.3) is 21.8 Å². The Morgan fingerprint density at radius 1 is 0.571 bits per heavy atom. The number of nitrogens with one attached hydrogen (secondary N) is 6. The summed E-state index contributed by atoms with van der Waals surface area (Å²) >= 11 is 0. The zero-order valence-electron chi connectivity index (χ0n) is 32.5. The van der Waals surface area contributed by atoms with Crippen molar-refractivity contribution in [3.8, 4) is 0 Å². The van der Waals surface area contributed by atoms with Crippen molar-refractivity contribution in [2.75, 3.05) is 7.11 Å². The van der Waals surface area contributed by atoms with Crippen LogP contribution < -0.4 is 21.3 Å². The van der Waals surface area contributed by atoms with Gasteiger partial charge in [-0.25, -0.2) is 9.59 Å². The topological polar surface area (TPSA) is 184 Å². The van der Waals surface area contributed by atoms with Crippen LogP contribution in [0.15, 0.2) is 91.3 Å². The van der Waals surface area contributed by atoms with Gasteiger partial charge in [-0.05, 0) is 53.5 Å². The highest BCUT2D eigenvalue weighted by atomic mass is 16.5. The van der Waals surface area contributed by atoms with Crippen molar-refractivity contribution in [2.45, 2.75) is 84.2 Å². The van der Waals surface area contributed by atoms with E-state index in [9.17, 15) is 24.0 Å². The fourth-order valence-electron chi connectivity index (χ4n) is 6.71. The standard InChI is InChI=1S/C43H52N6O7/c1-26(2)19-35(39(50)47-36(21-29-23-44-33-17-11-9-15-31(29)33)40(51)48-38(20-27(3)4)42(53)55-5)46-41(52)37(22-30-24-45-34-18-12-10-16-32(30)34)49-43(54)56-25-28-13-7-6-8-14-28/h6-18,23-24,26-27,35-38,44-45H,19-22,25H2,1-5H3,(H,46,52)(H,47,50)(H,48,51)(H,49,54)/t35-,36-,37-,38-/m0/s1. The summed E-state index contributed by atoms with van der Waals surface area (Å²) in [5, 5.41) is 13.0. The lowest BCUT2D eigenvalue weighted by Gasteiger charge is -2.27. The highest BCUT2D eigenvalue weighted by Gasteiger charge is 2.33. The van der Waals surface area contributed by atoms with Crippen LogP contribution in [-0.2, 0) is 48.1 Å². The number of aromatic nitrogens is 2. The smallest absolute Gasteiger partial charge is 0.408 e. The van der Waals surface area contributed by atoms with Crippen LogP contribution >= 0.6 is 0 Å². The van der Waals surface area contributed by atoms with Gasteiger partial charge in [-0.1, -0.05) is 94.4 Å². The molecule has 2 heterocycles. The van der Waals surface area contributed by atoms with Gasteiger partial charge in [0.2, 0.25) is 17.7 Å². The maximum Gasteiger partial charge on any atom is 0.408 e. The molecular weight excluding hydrogens is 713 g/mol. The second-order valence-electron chi connectivity index (χ2n) is 14.9. The van der Waals surface area contributed by atoms with Gasteiger partial charge in [0.1, 0.15) is 30.8 Å². The molecule has 4 atom stereocenters. The van der Waals surface area contributed by atoms with Gasteiger partial charge >= 0.3 is 12.1 Å². The average molecular weight is 765 g/mol. The zero-order chi connectivity index (χ0) is 40.2. The van der Waals surface area contributed by atoms with Crippen LogP contribution in [0.5, 0.6) is 0 Å². The molecule has 0 saturated heterocycles. The van der Waals surface area contributed by atoms with Crippen molar-refractivity contribution >= 4 is 51.6 Å². The number of benzene rings is 3. The van der Waals surface area contributed by atoms with E-state index in [1.54, 1.807) is 12.4 Å². The summed E-state index contributed by atoms with van der Waals surface area (Å²) in [6, 6.07) is 20.1. The van der Waals surface area contributed by atoms with Crippen molar-refractivity contribution in [2.24, 2.45) is 11.8 Å². The Kier molecular flexibility index (Phi) is 14.3. The Morgan fingerprint density at radius 2 is 1.02 bits per heavy atom. The molecule has 5 aromatic rings. The zero-order valence-corrected chi connectivity index (χ0v) is 32.5. The van der Waals surface area contributed by atoms with E-state index < -0.39 is 54.0 Å². The summed E-state index contributed by atoms with van der Waals surface area (Å²) < 4.78 is 10.5. The van der Waals surface area contributed by atoms with Crippen LogP contribution in [0, 0.1) is 11.8 Å². The molecule has 0 aliphatic rings. The quantitative estimate of drug-likeness (QED) is 0.0642. The Balaban J connectivity index is 1.39. The molecule has 13 nitrogen and oxygen atoms in total. The van der Waals surface area contributed by atoms with E-state index in [2.05, 4.69) is 31.2 Å². The molecule has 3 aromatic carbocycles. The average Bonchev–Trinajstić information content (AvgIpc) is 3.79.